The van der Waals surface area contributed by atoms with Crippen LogP contribution in [0.15, 0.2) is 41.3 Å². The van der Waals surface area contributed by atoms with Crippen LogP contribution in [0.4, 0.5) is 5.95 Å². The Hall–Kier alpha value is -3.13. The fourth-order valence-electron chi connectivity index (χ4n) is 3.72. The number of likely N-dealkylation sites (tertiary alicyclic amines) is 1. The second-order valence-corrected chi connectivity index (χ2v) is 6.98. The van der Waals surface area contributed by atoms with Crippen LogP contribution in [-0.2, 0) is 6.54 Å². The van der Waals surface area contributed by atoms with Gasteiger partial charge in [-0.1, -0.05) is 6.07 Å². The first-order chi connectivity index (χ1) is 13.0. The largest absolute Gasteiger partial charge is 0.369 e. The van der Waals surface area contributed by atoms with Gasteiger partial charge in [0.25, 0.3) is 11.5 Å². The van der Waals surface area contributed by atoms with Crippen LogP contribution in [0.3, 0.4) is 0 Å². The Kier molecular flexibility index (Phi) is 4.41. The van der Waals surface area contributed by atoms with Crippen molar-refractivity contribution in [3.8, 4) is 0 Å². The lowest BCUT2D eigenvalue weighted by molar-refractivity contribution is 0.0781. The van der Waals surface area contributed by atoms with Crippen molar-refractivity contribution in [3.05, 3.63) is 58.1 Å². The van der Waals surface area contributed by atoms with Gasteiger partial charge in [0.2, 0.25) is 5.95 Å². The van der Waals surface area contributed by atoms with Gasteiger partial charge >= 0.3 is 0 Å². The van der Waals surface area contributed by atoms with Gasteiger partial charge in [-0.15, -0.1) is 0 Å². The highest BCUT2D eigenvalue weighted by Crippen LogP contribution is 2.23. The van der Waals surface area contributed by atoms with Gasteiger partial charge in [-0.25, -0.2) is 4.98 Å². The van der Waals surface area contributed by atoms with E-state index < -0.39 is 0 Å². The molecule has 0 aliphatic carbocycles. The lowest BCUT2D eigenvalue weighted by Crippen LogP contribution is -2.36. The zero-order chi connectivity index (χ0) is 19.0. The van der Waals surface area contributed by atoms with Crippen molar-refractivity contribution >= 4 is 22.8 Å². The number of anilines is 1. The van der Waals surface area contributed by atoms with E-state index in [0.717, 1.165) is 22.9 Å². The van der Waals surface area contributed by atoms with E-state index in [-0.39, 0.29) is 23.5 Å². The van der Waals surface area contributed by atoms with Gasteiger partial charge in [0.1, 0.15) is 0 Å². The monoisotopic (exact) mass is 366 g/mol. The number of H-pyrrole nitrogens is 2. The third-order valence-corrected chi connectivity index (χ3v) is 5.12. The van der Waals surface area contributed by atoms with Gasteiger partial charge in [-0.05, 0) is 31.7 Å². The Balaban J connectivity index is 1.45. The summed E-state index contributed by atoms with van der Waals surface area (Å²) in [5, 5.41) is 0.947. The Labute approximate surface area is 156 Å². The molecule has 8 heteroatoms. The maximum atomic E-state index is 13.0. The fourth-order valence-corrected chi connectivity index (χ4v) is 3.72. The first-order valence-electron chi connectivity index (χ1n) is 8.92. The lowest BCUT2D eigenvalue weighted by atomic mass is 10.1. The average Bonchev–Trinajstić information content (AvgIpc) is 3.29. The topological polar surface area (TPSA) is 111 Å². The molecule has 3 aromatic rings. The molecule has 8 nitrogen and oxygen atoms in total. The molecule has 1 amide bonds. The lowest BCUT2D eigenvalue weighted by Gasteiger charge is -2.24. The van der Waals surface area contributed by atoms with Crippen LogP contribution in [0.25, 0.3) is 10.9 Å². The maximum absolute atomic E-state index is 13.0. The van der Waals surface area contributed by atoms with Gasteiger partial charge in [0.05, 0.1) is 5.69 Å². The van der Waals surface area contributed by atoms with Gasteiger partial charge in [-0.3, -0.25) is 19.5 Å². The minimum absolute atomic E-state index is 0.0506. The number of nitrogens with two attached hydrogens (primary N) is 1. The number of nitrogen functional groups attached to an aromatic ring is 1. The molecule has 4 rings (SSSR count). The summed E-state index contributed by atoms with van der Waals surface area (Å²) in [4.78, 5) is 38.3. The van der Waals surface area contributed by atoms with Crippen molar-refractivity contribution in [1.82, 2.24) is 24.8 Å². The van der Waals surface area contributed by atoms with Crippen LogP contribution >= 0.6 is 0 Å². The summed E-state index contributed by atoms with van der Waals surface area (Å²) >= 11 is 0. The van der Waals surface area contributed by atoms with E-state index >= 15 is 0 Å². The number of hydrogen-bond donors (Lipinski definition) is 3. The number of aromatic nitrogens is 3. The zero-order valence-corrected chi connectivity index (χ0v) is 15.1. The summed E-state index contributed by atoms with van der Waals surface area (Å²) in [5.41, 5.74) is 7.67. The maximum Gasteiger partial charge on any atom is 0.254 e. The third-order valence-electron chi connectivity index (χ3n) is 5.12. The Bertz CT molecular complexity index is 1040. The Morgan fingerprint density at radius 1 is 1.41 bits per heavy atom. The summed E-state index contributed by atoms with van der Waals surface area (Å²) in [6.07, 6.45) is 2.73. The number of rotatable bonds is 4. The molecule has 0 saturated carbocycles. The molecule has 0 spiro atoms. The quantitative estimate of drug-likeness (QED) is 0.642. The van der Waals surface area contributed by atoms with Crippen LogP contribution in [-0.4, -0.2) is 56.8 Å². The molecule has 27 heavy (non-hydrogen) atoms. The summed E-state index contributed by atoms with van der Waals surface area (Å²) in [5.74, 6) is 0.170. The highest BCUT2D eigenvalue weighted by atomic mass is 16.2. The normalized spacial score (nSPS) is 17.1. The summed E-state index contributed by atoms with van der Waals surface area (Å²) in [6, 6.07) is 9.34. The van der Waals surface area contributed by atoms with Crippen molar-refractivity contribution in [1.29, 1.82) is 0 Å². The molecule has 0 bridgehead atoms. The van der Waals surface area contributed by atoms with Gasteiger partial charge < -0.3 is 15.6 Å². The molecule has 1 aromatic carbocycles. The van der Waals surface area contributed by atoms with Gasteiger partial charge in [0.15, 0.2) is 0 Å². The molecule has 1 fully saturated rings. The van der Waals surface area contributed by atoms with E-state index in [9.17, 15) is 9.59 Å². The molecule has 1 aliphatic rings. The predicted octanol–water partition coefficient (Wildman–Crippen LogP) is 1.18. The number of nitrogens with one attached hydrogen (secondary N) is 2. The molecule has 1 saturated heterocycles. The molecule has 1 atom stereocenters. The van der Waals surface area contributed by atoms with Crippen molar-refractivity contribution in [2.24, 2.45) is 0 Å². The smallest absolute Gasteiger partial charge is 0.254 e. The number of aromatic amines is 2. The first-order valence-corrected chi connectivity index (χ1v) is 8.92. The molecule has 0 radical (unpaired) electrons. The number of carbonyl (C=O) groups excluding carboxylic acids is 1. The molecular formula is C19H22N6O2. The van der Waals surface area contributed by atoms with Crippen molar-refractivity contribution in [3.63, 3.8) is 0 Å². The fraction of sp³-hybridized carbons (Fsp3) is 0.316. The van der Waals surface area contributed by atoms with Crippen molar-refractivity contribution in [2.45, 2.75) is 19.0 Å². The van der Waals surface area contributed by atoms with E-state index in [4.69, 9.17) is 5.73 Å². The van der Waals surface area contributed by atoms with Gasteiger partial charge in [-0.2, -0.15) is 0 Å². The van der Waals surface area contributed by atoms with Crippen molar-refractivity contribution in [2.75, 3.05) is 25.9 Å². The Morgan fingerprint density at radius 2 is 2.26 bits per heavy atom. The second-order valence-electron chi connectivity index (χ2n) is 6.98. The van der Waals surface area contributed by atoms with Crippen LogP contribution < -0.4 is 11.3 Å². The molecule has 0 unspecified atom stereocenters. The standard InChI is InChI=1S/C19H22N6O2/c1-24(10-12-9-17(26)23-19(20)22-12)13-6-8-25(11-13)18(27)15-3-2-4-16-14(15)5-7-21-16/h2-5,7,9,13,21H,6,8,10-11H2,1H3,(H3,20,22,23,26)/t13-/m1/s1. The van der Waals surface area contributed by atoms with E-state index in [0.29, 0.717) is 25.3 Å². The number of benzene rings is 1. The summed E-state index contributed by atoms with van der Waals surface area (Å²) in [7, 11) is 1.98. The van der Waals surface area contributed by atoms with Crippen LogP contribution in [0.1, 0.15) is 22.5 Å². The van der Waals surface area contributed by atoms with E-state index in [1.54, 1.807) is 0 Å². The van der Waals surface area contributed by atoms with E-state index in [1.165, 1.54) is 6.07 Å². The number of fused-ring (bicyclic) bond motifs is 1. The Morgan fingerprint density at radius 3 is 3.07 bits per heavy atom. The van der Waals surface area contributed by atoms with Gasteiger partial charge in [0, 0.05) is 54.4 Å². The first kappa shape index (κ1) is 17.3. The SMILES string of the molecule is CN(Cc1cc(=O)[nH]c(N)n1)[C@@H]1CCN(C(=O)c2cccc3[nH]ccc23)C1. The number of hydrogen-bond acceptors (Lipinski definition) is 5. The second kappa shape index (κ2) is 6.88. The number of amides is 1. The summed E-state index contributed by atoms with van der Waals surface area (Å²) < 4.78 is 0. The molecule has 140 valence electrons. The van der Waals surface area contributed by atoms with Crippen LogP contribution in [0.2, 0.25) is 0 Å². The van der Waals surface area contributed by atoms with E-state index in [2.05, 4.69) is 19.9 Å². The third kappa shape index (κ3) is 3.43. The highest BCUT2D eigenvalue weighted by Gasteiger charge is 2.30. The number of likely N-dealkylation sites (N-methyl/N-ethyl adjacent to an activating group) is 1. The predicted molar refractivity (Wildman–Crippen MR) is 103 cm³/mol. The minimum atomic E-state index is -0.256. The minimum Gasteiger partial charge on any atom is -0.369 e. The molecule has 1 aliphatic heterocycles. The van der Waals surface area contributed by atoms with Crippen LogP contribution in [0, 0.1) is 0 Å². The molecule has 3 heterocycles. The number of nitrogens with zero attached hydrogens (tertiary/aromatic N) is 3. The molecule has 2 aromatic heterocycles. The average molecular weight is 366 g/mol. The molecular weight excluding hydrogens is 344 g/mol. The van der Waals surface area contributed by atoms with Crippen molar-refractivity contribution < 1.29 is 4.79 Å². The highest BCUT2D eigenvalue weighted by molar-refractivity contribution is 6.06. The summed E-state index contributed by atoms with van der Waals surface area (Å²) in [6.45, 7) is 1.86. The zero-order valence-electron chi connectivity index (χ0n) is 15.1. The molecule has 4 N–H and O–H groups in total. The number of carbonyl (C=O) groups is 1. The van der Waals surface area contributed by atoms with Crippen LogP contribution in [0.5, 0.6) is 0 Å². The van der Waals surface area contributed by atoms with E-state index in [1.807, 2.05) is 42.4 Å².